The second-order valence-corrected chi connectivity index (χ2v) is 5.44. The Morgan fingerprint density at radius 2 is 1.48 bits per heavy atom. The zero-order valence-corrected chi connectivity index (χ0v) is 13.0. The SMILES string of the molecule is O=C(Nc1cccc(Cl)c1)c1ccccc1Nc1ccccc1. The number of amides is 1. The van der Waals surface area contributed by atoms with E-state index in [0.29, 0.717) is 16.3 Å². The van der Waals surface area contributed by atoms with Gasteiger partial charge in [0.05, 0.1) is 11.3 Å². The van der Waals surface area contributed by atoms with Gasteiger partial charge in [0.15, 0.2) is 0 Å². The normalized spacial score (nSPS) is 10.1. The molecule has 0 bridgehead atoms. The number of anilines is 3. The quantitative estimate of drug-likeness (QED) is 0.681. The first-order valence-electron chi connectivity index (χ1n) is 7.20. The van der Waals surface area contributed by atoms with Crippen molar-refractivity contribution in [1.82, 2.24) is 0 Å². The summed E-state index contributed by atoms with van der Waals surface area (Å²) < 4.78 is 0. The molecule has 0 aliphatic carbocycles. The van der Waals surface area contributed by atoms with Gasteiger partial charge in [0.25, 0.3) is 5.91 Å². The van der Waals surface area contributed by atoms with Crippen molar-refractivity contribution in [3.8, 4) is 0 Å². The maximum Gasteiger partial charge on any atom is 0.257 e. The second kappa shape index (κ2) is 6.99. The molecule has 0 radical (unpaired) electrons. The number of carbonyl (C=O) groups is 1. The smallest absolute Gasteiger partial charge is 0.257 e. The van der Waals surface area contributed by atoms with Crippen LogP contribution in [-0.4, -0.2) is 5.91 Å². The summed E-state index contributed by atoms with van der Waals surface area (Å²) in [6.45, 7) is 0. The molecule has 3 nitrogen and oxygen atoms in total. The van der Waals surface area contributed by atoms with Crippen molar-refractivity contribution in [2.75, 3.05) is 10.6 Å². The molecule has 0 saturated heterocycles. The Morgan fingerprint density at radius 3 is 2.26 bits per heavy atom. The van der Waals surface area contributed by atoms with Crippen molar-refractivity contribution in [1.29, 1.82) is 0 Å². The summed E-state index contributed by atoms with van der Waals surface area (Å²) in [5, 5.41) is 6.71. The Balaban J connectivity index is 1.83. The molecular weight excluding hydrogens is 308 g/mol. The van der Waals surface area contributed by atoms with E-state index in [-0.39, 0.29) is 5.91 Å². The predicted octanol–water partition coefficient (Wildman–Crippen LogP) is 5.34. The highest BCUT2D eigenvalue weighted by Crippen LogP contribution is 2.22. The van der Waals surface area contributed by atoms with Crippen LogP contribution in [0.5, 0.6) is 0 Å². The first-order valence-corrected chi connectivity index (χ1v) is 7.58. The number of nitrogens with one attached hydrogen (secondary N) is 2. The molecule has 0 saturated carbocycles. The Bertz CT molecular complexity index is 818. The first-order chi connectivity index (χ1) is 11.2. The molecular formula is C19H15ClN2O. The van der Waals surface area contributed by atoms with E-state index in [1.54, 1.807) is 30.3 Å². The lowest BCUT2D eigenvalue weighted by atomic mass is 10.1. The Hall–Kier alpha value is -2.78. The van der Waals surface area contributed by atoms with Crippen molar-refractivity contribution in [3.05, 3.63) is 89.4 Å². The van der Waals surface area contributed by atoms with E-state index in [9.17, 15) is 4.79 Å². The average molecular weight is 323 g/mol. The van der Waals surface area contributed by atoms with Crippen molar-refractivity contribution in [2.45, 2.75) is 0 Å². The van der Waals surface area contributed by atoms with E-state index in [2.05, 4.69) is 10.6 Å². The molecule has 1 amide bonds. The maximum atomic E-state index is 12.5. The van der Waals surface area contributed by atoms with Crippen LogP contribution in [0.3, 0.4) is 0 Å². The summed E-state index contributed by atoms with van der Waals surface area (Å²) in [6, 6.07) is 24.2. The molecule has 4 heteroatoms. The van der Waals surface area contributed by atoms with Crippen LogP contribution in [0.15, 0.2) is 78.9 Å². The van der Waals surface area contributed by atoms with Crippen LogP contribution in [0.25, 0.3) is 0 Å². The highest BCUT2D eigenvalue weighted by molar-refractivity contribution is 6.31. The average Bonchev–Trinajstić information content (AvgIpc) is 2.56. The molecule has 2 N–H and O–H groups in total. The number of hydrogen-bond donors (Lipinski definition) is 2. The van der Waals surface area contributed by atoms with Crippen molar-refractivity contribution in [3.63, 3.8) is 0 Å². The van der Waals surface area contributed by atoms with Gasteiger partial charge in [-0.25, -0.2) is 0 Å². The fourth-order valence-corrected chi connectivity index (χ4v) is 2.42. The molecule has 3 aromatic carbocycles. The summed E-state index contributed by atoms with van der Waals surface area (Å²) in [4.78, 5) is 12.5. The molecule has 3 aromatic rings. The summed E-state index contributed by atoms with van der Waals surface area (Å²) >= 11 is 5.95. The minimum atomic E-state index is -0.189. The molecule has 0 aromatic heterocycles. The van der Waals surface area contributed by atoms with Crippen LogP contribution in [0, 0.1) is 0 Å². The maximum absolute atomic E-state index is 12.5. The monoisotopic (exact) mass is 322 g/mol. The van der Waals surface area contributed by atoms with E-state index in [0.717, 1.165) is 11.4 Å². The summed E-state index contributed by atoms with van der Waals surface area (Å²) in [7, 11) is 0. The Kier molecular flexibility index (Phi) is 4.60. The summed E-state index contributed by atoms with van der Waals surface area (Å²) in [5.41, 5.74) is 2.90. The van der Waals surface area contributed by atoms with Crippen molar-refractivity contribution >= 4 is 34.6 Å². The van der Waals surface area contributed by atoms with Crippen LogP contribution in [0.2, 0.25) is 5.02 Å². The lowest BCUT2D eigenvalue weighted by Gasteiger charge is -2.12. The number of halogens is 1. The first kappa shape index (κ1) is 15.1. The summed E-state index contributed by atoms with van der Waals surface area (Å²) in [6.07, 6.45) is 0. The topological polar surface area (TPSA) is 41.1 Å². The van der Waals surface area contributed by atoms with Crippen molar-refractivity contribution in [2.24, 2.45) is 0 Å². The molecule has 0 atom stereocenters. The van der Waals surface area contributed by atoms with Crippen LogP contribution in [0.1, 0.15) is 10.4 Å². The molecule has 0 fully saturated rings. The number of para-hydroxylation sites is 2. The number of rotatable bonds is 4. The molecule has 114 valence electrons. The van der Waals surface area contributed by atoms with Crippen LogP contribution < -0.4 is 10.6 Å². The lowest BCUT2D eigenvalue weighted by Crippen LogP contribution is -2.13. The molecule has 0 unspecified atom stereocenters. The molecule has 3 rings (SSSR count). The standard InChI is InChI=1S/C19H15ClN2O/c20-14-7-6-10-16(13-14)22-19(23)17-11-4-5-12-18(17)21-15-8-2-1-3-9-15/h1-13,21H,(H,22,23). The molecule has 0 aliphatic heterocycles. The van der Waals surface area contributed by atoms with Gasteiger partial charge >= 0.3 is 0 Å². The minimum absolute atomic E-state index is 0.189. The third kappa shape index (κ3) is 3.90. The van der Waals surface area contributed by atoms with Crippen LogP contribution in [0.4, 0.5) is 17.1 Å². The molecule has 0 aliphatic rings. The second-order valence-electron chi connectivity index (χ2n) is 5.00. The van der Waals surface area contributed by atoms with Gasteiger partial charge in [0.2, 0.25) is 0 Å². The van der Waals surface area contributed by atoms with E-state index >= 15 is 0 Å². The fourth-order valence-electron chi connectivity index (χ4n) is 2.23. The summed E-state index contributed by atoms with van der Waals surface area (Å²) in [5.74, 6) is -0.189. The highest BCUT2D eigenvalue weighted by Gasteiger charge is 2.11. The Morgan fingerprint density at radius 1 is 0.783 bits per heavy atom. The van der Waals surface area contributed by atoms with Gasteiger partial charge in [-0.15, -0.1) is 0 Å². The van der Waals surface area contributed by atoms with Crippen LogP contribution >= 0.6 is 11.6 Å². The minimum Gasteiger partial charge on any atom is -0.355 e. The largest absolute Gasteiger partial charge is 0.355 e. The number of benzene rings is 3. The highest BCUT2D eigenvalue weighted by atomic mass is 35.5. The van der Waals surface area contributed by atoms with Gasteiger partial charge in [-0.3, -0.25) is 4.79 Å². The Labute approximate surface area is 139 Å². The predicted molar refractivity (Wildman–Crippen MR) is 95.6 cm³/mol. The lowest BCUT2D eigenvalue weighted by molar-refractivity contribution is 0.102. The van der Waals surface area contributed by atoms with E-state index < -0.39 is 0 Å². The van der Waals surface area contributed by atoms with Gasteiger partial charge < -0.3 is 10.6 Å². The fraction of sp³-hybridized carbons (Fsp3) is 0. The van der Waals surface area contributed by atoms with E-state index in [1.807, 2.05) is 48.5 Å². The van der Waals surface area contributed by atoms with Gasteiger partial charge in [-0.05, 0) is 42.5 Å². The van der Waals surface area contributed by atoms with Crippen molar-refractivity contribution < 1.29 is 4.79 Å². The molecule has 0 spiro atoms. The molecule has 0 heterocycles. The zero-order valence-electron chi connectivity index (χ0n) is 12.3. The van der Waals surface area contributed by atoms with Gasteiger partial charge in [0, 0.05) is 16.4 Å². The van der Waals surface area contributed by atoms with E-state index in [1.165, 1.54) is 0 Å². The third-order valence-electron chi connectivity index (χ3n) is 3.31. The molecule has 23 heavy (non-hydrogen) atoms. The zero-order chi connectivity index (χ0) is 16.1. The third-order valence-corrected chi connectivity index (χ3v) is 3.54. The van der Waals surface area contributed by atoms with Crippen LogP contribution in [-0.2, 0) is 0 Å². The number of hydrogen-bond acceptors (Lipinski definition) is 2. The number of carbonyl (C=O) groups excluding carboxylic acids is 1. The van der Waals surface area contributed by atoms with E-state index in [4.69, 9.17) is 11.6 Å². The van der Waals surface area contributed by atoms with Gasteiger partial charge in [-0.2, -0.15) is 0 Å². The van der Waals surface area contributed by atoms with Gasteiger partial charge in [-0.1, -0.05) is 48.0 Å². The van der Waals surface area contributed by atoms with Gasteiger partial charge in [0.1, 0.15) is 0 Å².